The molecule has 8 heteroatoms. The normalized spacial score (nSPS) is 10.8. The molecule has 0 amide bonds. The van der Waals surface area contributed by atoms with Crippen molar-refractivity contribution in [2.24, 2.45) is 4.99 Å². The van der Waals surface area contributed by atoms with Crippen LogP contribution in [0.2, 0.25) is 0 Å². The van der Waals surface area contributed by atoms with Crippen molar-refractivity contribution in [1.29, 1.82) is 5.26 Å². The number of guanidine groups is 1. The Hall–Kier alpha value is -2.93. The lowest BCUT2D eigenvalue weighted by Crippen LogP contribution is -2.38. The molecule has 156 valence electrons. The van der Waals surface area contributed by atoms with Crippen LogP contribution >= 0.6 is 24.0 Å². The molecule has 30 heavy (non-hydrogen) atoms. The van der Waals surface area contributed by atoms with Gasteiger partial charge in [0.25, 0.3) is 0 Å². The van der Waals surface area contributed by atoms with Gasteiger partial charge in [0, 0.05) is 37.5 Å². The van der Waals surface area contributed by atoms with Crippen LogP contribution in [0.4, 0.5) is 4.39 Å². The van der Waals surface area contributed by atoms with Crippen molar-refractivity contribution in [3.05, 3.63) is 83.4 Å². The Morgan fingerprint density at radius 3 is 2.73 bits per heavy atom. The molecule has 3 rings (SSSR count). The smallest absolute Gasteiger partial charge is 0.194 e. The van der Waals surface area contributed by atoms with Gasteiger partial charge in [-0.1, -0.05) is 18.2 Å². The van der Waals surface area contributed by atoms with Crippen LogP contribution in [-0.4, -0.2) is 34.2 Å². The number of hydrogen-bond donors (Lipinski definition) is 1. The van der Waals surface area contributed by atoms with Gasteiger partial charge in [0.1, 0.15) is 5.82 Å². The minimum absolute atomic E-state index is 0. The molecular weight excluding hydrogens is 494 g/mol. The van der Waals surface area contributed by atoms with E-state index in [1.54, 1.807) is 0 Å². The summed E-state index contributed by atoms with van der Waals surface area (Å²) in [6.07, 6.45) is 3.80. The van der Waals surface area contributed by atoms with Crippen LogP contribution in [0.3, 0.4) is 0 Å². The maximum Gasteiger partial charge on any atom is 0.194 e. The second kappa shape index (κ2) is 11.3. The number of aromatic nitrogens is 2. The van der Waals surface area contributed by atoms with Gasteiger partial charge in [-0.25, -0.2) is 14.1 Å². The number of nitrogens with zero attached hydrogens (tertiary/aromatic N) is 5. The fourth-order valence-corrected chi connectivity index (χ4v) is 2.91. The van der Waals surface area contributed by atoms with E-state index >= 15 is 0 Å². The first-order valence-electron chi connectivity index (χ1n) is 9.37. The number of halogens is 2. The maximum absolute atomic E-state index is 14.0. The van der Waals surface area contributed by atoms with Gasteiger partial charge in [0.15, 0.2) is 5.96 Å². The van der Waals surface area contributed by atoms with Crippen LogP contribution in [0, 0.1) is 17.1 Å². The first-order valence-corrected chi connectivity index (χ1v) is 9.37. The van der Waals surface area contributed by atoms with E-state index in [4.69, 9.17) is 5.26 Å². The predicted octanol–water partition coefficient (Wildman–Crippen LogP) is 4.10. The zero-order valence-electron chi connectivity index (χ0n) is 16.9. The van der Waals surface area contributed by atoms with Gasteiger partial charge in [0.2, 0.25) is 0 Å². The highest BCUT2D eigenvalue weighted by Crippen LogP contribution is 2.12. The average Bonchev–Trinajstić information content (AvgIpc) is 3.21. The summed E-state index contributed by atoms with van der Waals surface area (Å²) in [5.74, 6) is 0.289. The Morgan fingerprint density at radius 1 is 1.27 bits per heavy atom. The quantitative estimate of drug-likeness (QED) is 0.303. The third-order valence-corrected chi connectivity index (χ3v) is 4.35. The van der Waals surface area contributed by atoms with Gasteiger partial charge in [-0.2, -0.15) is 10.4 Å². The molecule has 0 aliphatic heterocycles. The van der Waals surface area contributed by atoms with Gasteiger partial charge in [-0.3, -0.25) is 0 Å². The van der Waals surface area contributed by atoms with Gasteiger partial charge in [-0.15, -0.1) is 24.0 Å². The second-order valence-electron chi connectivity index (χ2n) is 6.57. The minimum atomic E-state index is -0.365. The Morgan fingerprint density at radius 2 is 2.03 bits per heavy atom. The molecule has 0 saturated heterocycles. The molecule has 1 heterocycles. The second-order valence-corrected chi connectivity index (χ2v) is 6.57. The first kappa shape index (κ1) is 23.3. The number of nitrogens with one attached hydrogen (secondary N) is 1. The largest absolute Gasteiger partial charge is 0.357 e. The Bertz CT molecular complexity index is 1030. The van der Waals surface area contributed by atoms with Crippen LogP contribution < -0.4 is 5.32 Å². The number of benzene rings is 2. The van der Waals surface area contributed by atoms with Crippen molar-refractivity contribution in [3.8, 4) is 11.8 Å². The number of aliphatic imine (C=N–C) groups is 1. The van der Waals surface area contributed by atoms with Gasteiger partial charge in [-0.05, 0) is 37.3 Å². The third-order valence-electron chi connectivity index (χ3n) is 4.35. The van der Waals surface area contributed by atoms with Gasteiger partial charge >= 0.3 is 0 Å². The molecule has 0 unspecified atom stereocenters. The monoisotopic (exact) mass is 518 g/mol. The average molecular weight is 518 g/mol. The summed E-state index contributed by atoms with van der Waals surface area (Å²) < 4.78 is 15.9. The molecule has 0 aliphatic carbocycles. The lowest BCUT2D eigenvalue weighted by molar-refractivity contribution is 0.476. The molecule has 6 nitrogen and oxygen atoms in total. The number of rotatable bonds is 6. The summed E-state index contributed by atoms with van der Waals surface area (Å²) in [7, 11) is 1.92. The highest BCUT2D eigenvalue weighted by molar-refractivity contribution is 14.0. The topological polar surface area (TPSA) is 69.2 Å². The van der Waals surface area contributed by atoms with E-state index in [-0.39, 0.29) is 36.3 Å². The number of nitriles is 1. The first-order chi connectivity index (χ1) is 14.1. The van der Waals surface area contributed by atoms with E-state index in [1.165, 1.54) is 18.2 Å². The fourth-order valence-electron chi connectivity index (χ4n) is 2.91. The molecule has 0 spiro atoms. The van der Waals surface area contributed by atoms with E-state index in [2.05, 4.69) is 15.4 Å². The molecule has 0 saturated carbocycles. The van der Waals surface area contributed by atoms with E-state index in [9.17, 15) is 4.39 Å². The highest BCUT2D eigenvalue weighted by Gasteiger charge is 2.10. The molecule has 1 aromatic heterocycles. The summed E-state index contributed by atoms with van der Waals surface area (Å²) >= 11 is 0. The van der Waals surface area contributed by atoms with Crippen molar-refractivity contribution >= 4 is 29.9 Å². The Balaban J connectivity index is 0.00000320. The van der Waals surface area contributed by atoms with Crippen molar-refractivity contribution in [2.45, 2.75) is 20.0 Å². The molecule has 3 aromatic rings. The van der Waals surface area contributed by atoms with E-state index in [0.29, 0.717) is 30.2 Å². The molecule has 0 bridgehead atoms. The summed E-state index contributed by atoms with van der Waals surface area (Å²) in [6.45, 7) is 3.41. The SMILES string of the molecule is CCNC(=NCc1cc(C#N)ccc1F)N(C)Cc1cnn(-c2ccccc2)c1.I. The molecule has 0 radical (unpaired) electrons. The molecule has 0 atom stereocenters. The van der Waals surface area contributed by atoms with Gasteiger partial charge < -0.3 is 10.2 Å². The van der Waals surface area contributed by atoms with E-state index < -0.39 is 0 Å². The van der Waals surface area contributed by atoms with Crippen LogP contribution in [-0.2, 0) is 13.1 Å². The molecule has 0 fully saturated rings. The van der Waals surface area contributed by atoms with Crippen LogP contribution in [0.15, 0.2) is 65.9 Å². The maximum atomic E-state index is 14.0. The fraction of sp³-hybridized carbons (Fsp3) is 0.227. The van der Waals surface area contributed by atoms with E-state index in [1.807, 2.05) is 72.3 Å². The molecule has 1 N–H and O–H groups in total. The van der Waals surface area contributed by atoms with Crippen molar-refractivity contribution in [2.75, 3.05) is 13.6 Å². The zero-order valence-corrected chi connectivity index (χ0v) is 19.2. The summed E-state index contributed by atoms with van der Waals surface area (Å²) in [5, 5.41) is 16.7. The highest BCUT2D eigenvalue weighted by atomic mass is 127. The molecule has 0 aliphatic rings. The van der Waals surface area contributed by atoms with Gasteiger partial charge in [0.05, 0.1) is 30.1 Å². The predicted molar refractivity (Wildman–Crippen MR) is 126 cm³/mol. The Kier molecular flexibility index (Phi) is 8.80. The van der Waals surface area contributed by atoms with Crippen molar-refractivity contribution in [1.82, 2.24) is 20.0 Å². The Labute approximate surface area is 193 Å². The summed E-state index contributed by atoms with van der Waals surface area (Å²) in [6, 6.07) is 16.2. The summed E-state index contributed by atoms with van der Waals surface area (Å²) in [4.78, 5) is 6.50. The lowest BCUT2D eigenvalue weighted by Gasteiger charge is -2.21. The third kappa shape index (κ3) is 6.03. The standard InChI is InChI=1S/C22H23FN6.HI/c1-3-25-22(26-14-19-11-17(12-24)9-10-21(19)23)28(2)15-18-13-27-29(16-18)20-7-5-4-6-8-20;/h4-11,13,16H,3,14-15H2,1-2H3,(H,25,26);1H. The molecular formula is C22H24FIN6. The van der Waals surface area contributed by atoms with Crippen molar-refractivity contribution in [3.63, 3.8) is 0 Å². The van der Waals surface area contributed by atoms with Crippen LogP contribution in [0.1, 0.15) is 23.6 Å². The van der Waals surface area contributed by atoms with Crippen molar-refractivity contribution < 1.29 is 4.39 Å². The van der Waals surface area contributed by atoms with Crippen LogP contribution in [0.5, 0.6) is 0 Å². The number of para-hydroxylation sites is 1. The lowest BCUT2D eigenvalue weighted by atomic mass is 10.1. The van der Waals surface area contributed by atoms with Crippen LogP contribution in [0.25, 0.3) is 5.69 Å². The molecule has 2 aromatic carbocycles. The summed E-state index contributed by atoms with van der Waals surface area (Å²) in [5.41, 5.74) is 2.84. The minimum Gasteiger partial charge on any atom is -0.357 e. The number of hydrogen-bond acceptors (Lipinski definition) is 3. The zero-order chi connectivity index (χ0) is 20.6. The van der Waals surface area contributed by atoms with E-state index in [0.717, 1.165) is 11.3 Å².